The van der Waals surface area contributed by atoms with Crippen molar-refractivity contribution in [3.63, 3.8) is 0 Å². The van der Waals surface area contributed by atoms with Crippen molar-refractivity contribution in [3.8, 4) is 0 Å². The average molecular weight is 370 g/mol. The van der Waals surface area contributed by atoms with Crippen molar-refractivity contribution in [2.24, 2.45) is 0 Å². The van der Waals surface area contributed by atoms with E-state index in [4.69, 9.17) is 0 Å². The van der Waals surface area contributed by atoms with E-state index in [1.807, 2.05) is 29.8 Å². The Bertz CT molecular complexity index is 893. The summed E-state index contributed by atoms with van der Waals surface area (Å²) in [5.41, 5.74) is 2.32. The van der Waals surface area contributed by atoms with Crippen LogP contribution in [-0.4, -0.2) is 32.3 Å². The first-order chi connectivity index (χ1) is 13.1. The molecule has 0 aliphatic carbocycles. The van der Waals surface area contributed by atoms with Crippen molar-refractivity contribution >= 4 is 16.9 Å². The predicted molar refractivity (Wildman–Crippen MR) is 106 cm³/mol. The number of nitrogens with zero attached hydrogens (tertiary/aromatic N) is 3. The number of aryl methyl sites for hydroxylation is 1. The third-order valence-electron chi connectivity index (χ3n) is 4.75. The van der Waals surface area contributed by atoms with E-state index >= 15 is 0 Å². The summed E-state index contributed by atoms with van der Waals surface area (Å²) in [6, 6.07) is 8.88. The number of unbranched alkanes of at least 4 members (excludes halogenated alkanes) is 1. The molecule has 2 heterocycles. The number of aliphatic hydroxyl groups excluding tert-OH is 1. The molecule has 2 N–H and O–H groups in total. The van der Waals surface area contributed by atoms with E-state index in [2.05, 4.69) is 22.2 Å². The van der Waals surface area contributed by atoms with Crippen molar-refractivity contribution in [1.29, 1.82) is 0 Å². The standard InChI is InChI=1S/C21H27FN4O/c1-3-4-8-17(11-13-27)25-21-20-19(23-15(2)24-21)10-12-26(20)14-16-7-5-6-9-18(16)22/h5-7,9-10,12,17,27H,3-4,8,11,13-14H2,1-2H3,(H,23,24,25)/t17-/m0/s1. The molecule has 0 amide bonds. The summed E-state index contributed by atoms with van der Waals surface area (Å²) in [5.74, 6) is 1.21. The molecular weight excluding hydrogens is 343 g/mol. The van der Waals surface area contributed by atoms with Crippen molar-refractivity contribution in [2.75, 3.05) is 11.9 Å². The summed E-state index contributed by atoms with van der Waals surface area (Å²) in [6.45, 7) is 4.57. The highest BCUT2D eigenvalue weighted by molar-refractivity contribution is 5.86. The third-order valence-corrected chi connectivity index (χ3v) is 4.75. The molecule has 0 unspecified atom stereocenters. The molecule has 3 aromatic rings. The lowest BCUT2D eigenvalue weighted by molar-refractivity contribution is 0.276. The van der Waals surface area contributed by atoms with Gasteiger partial charge in [0.25, 0.3) is 0 Å². The lowest BCUT2D eigenvalue weighted by atomic mass is 10.1. The molecule has 0 spiro atoms. The van der Waals surface area contributed by atoms with Crippen molar-refractivity contribution in [1.82, 2.24) is 14.5 Å². The van der Waals surface area contributed by atoms with Gasteiger partial charge in [-0.05, 0) is 31.9 Å². The largest absolute Gasteiger partial charge is 0.396 e. The van der Waals surface area contributed by atoms with Gasteiger partial charge in [-0.1, -0.05) is 38.0 Å². The number of aliphatic hydroxyl groups is 1. The Hall–Kier alpha value is -2.47. The number of hydrogen-bond donors (Lipinski definition) is 2. The molecule has 3 rings (SSSR count). The quantitative estimate of drug-likeness (QED) is 0.590. The van der Waals surface area contributed by atoms with E-state index < -0.39 is 0 Å². The summed E-state index contributed by atoms with van der Waals surface area (Å²) >= 11 is 0. The summed E-state index contributed by atoms with van der Waals surface area (Å²) < 4.78 is 16.1. The SMILES string of the molecule is CCCC[C@@H](CCO)Nc1nc(C)nc2ccn(Cc3ccccc3F)c12. The smallest absolute Gasteiger partial charge is 0.154 e. The second-order valence-corrected chi connectivity index (χ2v) is 6.88. The topological polar surface area (TPSA) is 63.0 Å². The van der Waals surface area contributed by atoms with Gasteiger partial charge in [0.2, 0.25) is 0 Å². The maximum absolute atomic E-state index is 14.1. The highest BCUT2D eigenvalue weighted by atomic mass is 19.1. The molecule has 0 bridgehead atoms. The summed E-state index contributed by atoms with van der Waals surface area (Å²) in [5, 5.41) is 12.9. The van der Waals surface area contributed by atoms with Gasteiger partial charge >= 0.3 is 0 Å². The Morgan fingerprint density at radius 1 is 1.19 bits per heavy atom. The second kappa shape index (κ2) is 8.95. The lowest BCUT2D eigenvalue weighted by Gasteiger charge is -2.20. The molecule has 0 aliphatic rings. The van der Waals surface area contributed by atoms with E-state index in [0.717, 1.165) is 36.1 Å². The number of hydrogen-bond acceptors (Lipinski definition) is 4. The Kier molecular flexibility index (Phi) is 6.40. The van der Waals surface area contributed by atoms with Crippen molar-refractivity contribution < 1.29 is 9.50 Å². The van der Waals surface area contributed by atoms with Gasteiger partial charge in [-0.25, -0.2) is 14.4 Å². The van der Waals surface area contributed by atoms with Crippen LogP contribution < -0.4 is 5.32 Å². The number of rotatable bonds is 9. The molecule has 0 fully saturated rings. The molecule has 2 aromatic heterocycles. The second-order valence-electron chi connectivity index (χ2n) is 6.88. The molecule has 1 atom stereocenters. The van der Waals surface area contributed by atoms with Gasteiger partial charge in [-0.3, -0.25) is 0 Å². The fraction of sp³-hybridized carbons (Fsp3) is 0.429. The van der Waals surface area contributed by atoms with Gasteiger partial charge in [0.15, 0.2) is 5.82 Å². The maximum atomic E-state index is 14.1. The lowest BCUT2D eigenvalue weighted by Crippen LogP contribution is -2.22. The van der Waals surface area contributed by atoms with Gasteiger partial charge < -0.3 is 15.0 Å². The van der Waals surface area contributed by atoms with Crippen LogP contribution in [-0.2, 0) is 6.54 Å². The summed E-state index contributed by atoms with van der Waals surface area (Å²) in [7, 11) is 0. The van der Waals surface area contributed by atoms with Crippen LogP contribution in [0.5, 0.6) is 0 Å². The van der Waals surface area contributed by atoms with Gasteiger partial charge in [0, 0.05) is 24.4 Å². The van der Waals surface area contributed by atoms with Crippen LogP contribution in [0, 0.1) is 12.7 Å². The summed E-state index contributed by atoms with van der Waals surface area (Å²) in [4.78, 5) is 9.13. The molecule has 1 aromatic carbocycles. The number of aromatic nitrogens is 3. The highest BCUT2D eigenvalue weighted by Crippen LogP contribution is 2.25. The normalized spacial score (nSPS) is 12.4. The molecule has 0 aliphatic heterocycles. The van der Waals surface area contributed by atoms with Gasteiger partial charge in [0.1, 0.15) is 17.2 Å². The first-order valence-corrected chi connectivity index (χ1v) is 9.56. The zero-order chi connectivity index (χ0) is 19.2. The number of nitrogens with one attached hydrogen (secondary N) is 1. The fourth-order valence-corrected chi connectivity index (χ4v) is 3.35. The Morgan fingerprint density at radius 3 is 2.74 bits per heavy atom. The zero-order valence-corrected chi connectivity index (χ0v) is 16.0. The molecule has 6 heteroatoms. The third kappa shape index (κ3) is 4.63. The van der Waals surface area contributed by atoms with E-state index in [9.17, 15) is 9.50 Å². The minimum Gasteiger partial charge on any atom is -0.396 e. The van der Waals surface area contributed by atoms with Crippen LogP contribution in [0.15, 0.2) is 36.5 Å². The molecule has 0 saturated carbocycles. The molecular formula is C21H27FN4O. The van der Waals surface area contributed by atoms with Gasteiger partial charge in [-0.15, -0.1) is 0 Å². The minimum atomic E-state index is -0.219. The highest BCUT2D eigenvalue weighted by Gasteiger charge is 2.16. The van der Waals surface area contributed by atoms with E-state index in [1.165, 1.54) is 6.07 Å². The molecule has 144 valence electrons. The minimum absolute atomic E-state index is 0.130. The summed E-state index contributed by atoms with van der Waals surface area (Å²) in [6.07, 6.45) is 5.74. The van der Waals surface area contributed by atoms with Crippen LogP contribution in [0.4, 0.5) is 10.2 Å². The predicted octanol–water partition coefficient (Wildman–Crippen LogP) is 4.28. The molecule has 5 nitrogen and oxygen atoms in total. The van der Waals surface area contributed by atoms with E-state index in [0.29, 0.717) is 24.4 Å². The zero-order valence-electron chi connectivity index (χ0n) is 16.0. The fourth-order valence-electron chi connectivity index (χ4n) is 3.35. The van der Waals surface area contributed by atoms with Crippen LogP contribution in [0.25, 0.3) is 11.0 Å². The van der Waals surface area contributed by atoms with Gasteiger partial charge in [-0.2, -0.15) is 0 Å². The van der Waals surface area contributed by atoms with Crippen LogP contribution >= 0.6 is 0 Å². The van der Waals surface area contributed by atoms with E-state index in [-0.39, 0.29) is 18.5 Å². The van der Waals surface area contributed by atoms with Crippen LogP contribution in [0.2, 0.25) is 0 Å². The average Bonchev–Trinajstić information content (AvgIpc) is 3.04. The number of anilines is 1. The van der Waals surface area contributed by atoms with Crippen LogP contribution in [0.3, 0.4) is 0 Å². The molecule has 0 saturated heterocycles. The van der Waals surface area contributed by atoms with E-state index in [1.54, 1.807) is 12.1 Å². The number of fused-ring (bicyclic) bond motifs is 1. The Morgan fingerprint density at radius 2 is 2.00 bits per heavy atom. The maximum Gasteiger partial charge on any atom is 0.154 e. The number of halogens is 1. The van der Waals surface area contributed by atoms with Crippen molar-refractivity contribution in [2.45, 2.75) is 52.1 Å². The first kappa shape index (κ1) is 19.3. The van der Waals surface area contributed by atoms with Gasteiger partial charge in [0.05, 0.1) is 12.1 Å². The Labute approximate surface area is 159 Å². The number of benzene rings is 1. The first-order valence-electron chi connectivity index (χ1n) is 9.56. The Balaban J connectivity index is 1.96. The molecule has 27 heavy (non-hydrogen) atoms. The monoisotopic (exact) mass is 370 g/mol. The van der Waals surface area contributed by atoms with Crippen LogP contribution in [0.1, 0.15) is 44.0 Å². The molecule has 0 radical (unpaired) electrons. The van der Waals surface area contributed by atoms with Crippen molar-refractivity contribution in [3.05, 3.63) is 53.7 Å².